The molecule has 0 spiro atoms. The summed E-state index contributed by atoms with van der Waals surface area (Å²) in [7, 11) is -12.8. The van der Waals surface area contributed by atoms with Crippen molar-refractivity contribution in [2.24, 2.45) is 20.5 Å². The number of nitriles is 2. The number of hydrogen-bond donors (Lipinski definition) is 8. The fourth-order valence-corrected chi connectivity index (χ4v) is 9.02. The third-order valence-corrected chi connectivity index (χ3v) is 14.1. The van der Waals surface area contributed by atoms with Gasteiger partial charge in [-0.3, -0.25) is 9.11 Å². The Morgan fingerprint density at radius 3 is 1.11 bits per heavy atom. The topological polar surface area (TPSA) is 354 Å². The second-order valence-corrected chi connectivity index (χ2v) is 20.1. The highest BCUT2D eigenvalue weighted by molar-refractivity contribution is 7.91. The highest BCUT2D eigenvalue weighted by Gasteiger charge is 2.21. The summed E-state index contributed by atoms with van der Waals surface area (Å²) in [6.07, 6.45) is 0.801. The molecule has 6 aromatic rings. The minimum absolute atomic E-state index is 0.0487. The molecule has 0 amide bonds. The number of sulfone groups is 1. The summed E-state index contributed by atoms with van der Waals surface area (Å²) in [6, 6.07) is 26.8. The van der Waals surface area contributed by atoms with Crippen molar-refractivity contribution in [3.05, 3.63) is 130 Å². The highest BCUT2D eigenvalue weighted by Crippen LogP contribution is 2.37. The first kappa shape index (κ1) is 52.6. The lowest BCUT2D eigenvalue weighted by Crippen LogP contribution is -2.13. The second kappa shape index (κ2) is 23.2. The van der Waals surface area contributed by atoms with Gasteiger partial charge in [-0.15, -0.1) is 10.2 Å². The van der Waals surface area contributed by atoms with Crippen LogP contribution < -0.4 is 21.3 Å². The summed E-state index contributed by atoms with van der Waals surface area (Å²) in [5.74, 6) is 0.881. The van der Waals surface area contributed by atoms with E-state index in [0.717, 1.165) is 11.1 Å². The van der Waals surface area contributed by atoms with E-state index in [0.29, 0.717) is 24.0 Å². The van der Waals surface area contributed by atoms with Gasteiger partial charge in [-0.1, -0.05) is 24.3 Å². The van der Waals surface area contributed by atoms with E-state index in [4.69, 9.17) is 0 Å². The van der Waals surface area contributed by atoms with E-state index in [-0.39, 0.29) is 116 Å². The van der Waals surface area contributed by atoms with Crippen LogP contribution in [0.2, 0.25) is 0 Å². The minimum Gasteiger partial charge on any atom is -0.395 e. The molecule has 2 aromatic heterocycles. The Labute approximate surface area is 409 Å². The van der Waals surface area contributed by atoms with E-state index in [9.17, 15) is 55.1 Å². The molecule has 2 heterocycles. The molecule has 4 aromatic carbocycles. The maximum atomic E-state index is 13.8. The summed E-state index contributed by atoms with van der Waals surface area (Å²) in [5, 5.41) is 68.4. The standard InChI is InChI=1S/C46H46N12O10S3/c1-29-39(27-47)43(51-23-25-59)53-45(49-21-19-31-3-11-37(12-4-31)70(63,64)65)41(29)57-55-33-7-15-35(16-8-33)69(61,62)36-17-9-34(10-18-36)56-58-42-30(2)40(28-48)44(52-24-26-60)54-46(42)50-22-20-32-5-13-38(14-6-32)71(66,67)68/h3-18,59-60H,19-26H2,1-2H3,(H2,49,51,53)(H2,50,52,54)(H,63,64,65)(H,66,67,68). The van der Waals surface area contributed by atoms with Gasteiger partial charge in [0, 0.05) is 37.3 Å². The number of aliphatic hydroxyl groups is 2. The minimum atomic E-state index is -4.35. The van der Waals surface area contributed by atoms with Gasteiger partial charge in [-0.05, 0) is 111 Å². The van der Waals surface area contributed by atoms with Gasteiger partial charge >= 0.3 is 0 Å². The van der Waals surface area contributed by atoms with Crippen molar-refractivity contribution in [1.29, 1.82) is 10.5 Å². The van der Waals surface area contributed by atoms with E-state index in [1.54, 1.807) is 38.1 Å². The van der Waals surface area contributed by atoms with E-state index in [1.807, 2.05) is 0 Å². The third-order valence-electron chi connectivity index (χ3n) is 10.5. The first-order valence-electron chi connectivity index (χ1n) is 21.4. The largest absolute Gasteiger partial charge is 0.395 e. The number of aliphatic hydroxyl groups excluding tert-OH is 2. The van der Waals surface area contributed by atoms with Crippen molar-refractivity contribution >= 4 is 76.1 Å². The van der Waals surface area contributed by atoms with Gasteiger partial charge < -0.3 is 31.5 Å². The summed E-state index contributed by atoms with van der Waals surface area (Å²) >= 11 is 0. The molecule has 0 radical (unpaired) electrons. The Morgan fingerprint density at radius 1 is 0.479 bits per heavy atom. The molecule has 6 rings (SSSR count). The molecule has 25 heteroatoms. The molecule has 8 N–H and O–H groups in total. The monoisotopic (exact) mass is 1020 g/mol. The van der Waals surface area contributed by atoms with Crippen LogP contribution in [0.25, 0.3) is 0 Å². The fourth-order valence-electron chi connectivity index (χ4n) is 6.80. The number of azo groups is 2. The zero-order valence-corrected chi connectivity index (χ0v) is 40.4. The molecule has 22 nitrogen and oxygen atoms in total. The van der Waals surface area contributed by atoms with Crippen LogP contribution in [0.15, 0.2) is 137 Å². The van der Waals surface area contributed by atoms with Crippen molar-refractivity contribution in [3.8, 4) is 12.1 Å². The normalized spacial score (nSPS) is 11.9. The number of pyridine rings is 2. The number of anilines is 4. The predicted molar refractivity (Wildman–Crippen MR) is 262 cm³/mol. The second-order valence-electron chi connectivity index (χ2n) is 15.3. The zero-order valence-electron chi connectivity index (χ0n) is 37.9. The Hall–Kier alpha value is -7.75. The molecule has 0 fully saturated rings. The molecule has 0 aliphatic carbocycles. The van der Waals surface area contributed by atoms with Gasteiger partial charge in [0.1, 0.15) is 35.1 Å². The maximum Gasteiger partial charge on any atom is 0.294 e. The van der Waals surface area contributed by atoms with Crippen molar-refractivity contribution in [1.82, 2.24) is 9.97 Å². The van der Waals surface area contributed by atoms with Crippen LogP contribution in [-0.4, -0.2) is 93.9 Å². The van der Waals surface area contributed by atoms with Gasteiger partial charge in [0.25, 0.3) is 20.2 Å². The quantitative estimate of drug-likeness (QED) is 0.0248. The van der Waals surface area contributed by atoms with Crippen LogP contribution in [0.5, 0.6) is 0 Å². The molecular formula is C46H46N12O10S3. The van der Waals surface area contributed by atoms with Crippen molar-refractivity contribution in [3.63, 3.8) is 0 Å². The molecule has 0 saturated heterocycles. The smallest absolute Gasteiger partial charge is 0.294 e. The van der Waals surface area contributed by atoms with Crippen molar-refractivity contribution < 1.29 is 44.6 Å². The molecule has 0 aliphatic rings. The lowest BCUT2D eigenvalue weighted by molar-refractivity contribution is 0.310. The molecule has 368 valence electrons. The molecule has 71 heavy (non-hydrogen) atoms. The average molecular weight is 1020 g/mol. The van der Waals surface area contributed by atoms with Crippen molar-refractivity contribution in [2.75, 3.05) is 60.7 Å². The van der Waals surface area contributed by atoms with Gasteiger partial charge in [0.15, 0.2) is 11.6 Å². The maximum absolute atomic E-state index is 13.8. The summed E-state index contributed by atoms with van der Waals surface area (Å²) in [6.45, 7) is 3.65. The Bertz CT molecular complexity index is 3160. The number of nitrogens with zero attached hydrogens (tertiary/aromatic N) is 8. The third kappa shape index (κ3) is 13.3. The number of benzene rings is 4. The average Bonchev–Trinajstić information content (AvgIpc) is 3.34. The van der Waals surface area contributed by atoms with Crippen LogP contribution >= 0.6 is 0 Å². The summed E-state index contributed by atoms with van der Waals surface area (Å²) < 4.78 is 91.9. The highest BCUT2D eigenvalue weighted by atomic mass is 32.2. The molecule has 0 unspecified atom stereocenters. The molecular weight excluding hydrogens is 977 g/mol. The fraction of sp³-hybridized carbons (Fsp3) is 0.217. The first-order chi connectivity index (χ1) is 33.9. The Kier molecular flexibility index (Phi) is 17.2. The molecule has 0 atom stereocenters. The van der Waals surface area contributed by atoms with Crippen molar-refractivity contribution in [2.45, 2.75) is 46.3 Å². The first-order valence-corrected chi connectivity index (χ1v) is 25.7. The van der Waals surface area contributed by atoms with Crippen LogP contribution in [0, 0.1) is 36.5 Å². The summed E-state index contributed by atoms with van der Waals surface area (Å²) in [5.41, 5.74) is 3.62. The van der Waals surface area contributed by atoms with Crippen LogP contribution in [-0.2, 0) is 42.9 Å². The lowest BCUT2D eigenvalue weighted by Gasteiger charge is -2.15. The van der Waals surface area contributed by atoms with Gasteiger partial charge in [-0.25, -0.2) is 18.4 Å². The molecule has 0 bridgehead atoms. The Balaban J connectivity index is 1.19. The number of hydrogen-bond acceptors (Lipinski definition) is 20. The van der Waals surface area contributed by atoms with Gasteiger partial charge in [0.2, 0.25) is 9.84 Å². The van der Waals surface area contributed by atoms with E-state index >= 15 is 0 Å². The van der Waals surface area contributed by atoms with Crippen LogP contribution in [0.1, 0.15) is 33.4 Å². The van der Waals surface area contributed by atoms with Gasteiger partial charge in [-0.2, -0.15) is 37.6 Å². The lowest BCUT2D eigenvalue weighted by atomic mass is 10.1. The van der Waals surface area contributed by atoms with E-state index in [2.05, 4.69) is 63.8 Å². The SMILES string of the molecule is Cc1c(C#N)c(NCCO)nc(NCCc2ccc(S(=O)(=O)O)cc2)c1N=Nc1ccc(S(=O)(=O)c2ccc(N=Nc3c(NCCc4ccc(S(=O)(=O)O)cc4)nc(NCCO)c(C#N)c3C)cc2)cc1. The molecule has 0 saturated carbocycles. The Morgan fingerprint density at radius 2 is 0.803 bits per heavy atom. The van der Waals surface area contributed by atoms with Crippen LogP contribution in [0.4, 0.5) is 46.0 Å². The predicted octanol–water partition coefficient (Wildman–Crippen LogP) is 7.11. The zero-order chi connectivity index (χ0) is 51.3. The number of aromatic nitrogens is 2. The molecule has 0 aliphatic heterocycles. The van der Waals surface area contributed by atoms with E-state index < -0.39 is 30.1 Å². The van der Waals surface area contributed by atoms with Gasteiger partial charge in [0.05, 0.1) is 55.3 Å². The number of nitrogens with one attached hydrogen (secondary N) is 4. The van der Waals surface area contributed by atoms with Crippen LogP contribution in [0.3, 0.4) is 0 Å². The number of rotatable bonds is 22. The van der Waals surface area contributed by atoms with E-state index in [1.165, 1.54) is 72.8 Å². The summed E-state index contributed by atoms with van der Waals surface area (Å²) in [4.78, 5) is 8.50.